The standard InChI is InChI=1S/C11H16N4O2/c1-17-8-10-13-3-2-9(14-10)11(16)15-6-4-12-5-7-15/h2-3,12H,4-8H2,1H3. The molecule has 2 heterocycles. The molecule has 6 nitrogen and oxygen atoms in total. The highest BCUT2D eigenvalue weighted by Crippen LogP contribution is 2.04. The Balaban J connectivity index is 2.09. The number of aromatic nitrogens is 2. The van der Waals surface area contributed by atoms with Crippen molar-refractivity contribution in [3.63, 3.8) is 0 Å². The van der Waals surface area contributed by atoms with Gasteiger partial charge in [-0.25, -0.2) is 9.97 Å². The summed E-state index contributed by atoms with van der Waals surface area (Å²) in [4.78, 5) is 22.2. The van der Waals surface area contributed by atoms with Gasteiger partial charge in [0, 0.05) is 39.5 Å². The second kappa shape index (κ2) is 5.70. The molecule has 0 radical (unpaired) electrons. The van der Waals surface area contributed by atoms with Crippen molar-refractivity contribution in [2.75, 3.05) is 33.3 Å². The van der Waals surface area contributed by atoms with Crippen LogP contribution in [0.4, 0.5) is 0 Å². The van der Waals surface area contributed by atoms with Crippen LogP contribution in [0, 0.1) is 0 Å². The van der Waals surface area contributed by atoms with Crippen LogP contribution >= 0.6 is 0 Å². The van der Waals surface area contributed by atoms with Crippen molar-refractivity contribution in [2.45, 2.75) is 6.61 Å². The van der Waals surface area contributed by atoms with Crippen LogP contribution in [0.5, 0.6) is 0 Å². The minimum Gasteiger partial charge on any atom is -0.377 e. The normalized spacial score (nSPS) is 15.9. The molecule has 0 unspecified atom stereocenters. The molecule has 0 aliphatic carbocycles. The molecule has 1 N–H and O–H groups in total. The van der Waals surface area contributed by atoms with E-state index in [1.165, 1.54) is 0 Å². The van der Waals surface area contributed by atoms with Gasteiger partial charge >= 0.3 is 0 Å². The monoisotopic (exact) mass is 236 g/mol. The second-order valence-electron chi connectivity index (χ2n) is 3.83. The number of nitrogens with zero attached hydrogens (tertiary/aromatic N) is 3. The SMILES string of the molecule is COCc1nccc(C(=O)N2CCNCC2)n1. The number of piperazine rings is 1. The Morgan fingerprint density at radius 1 is 1.53 bits per heavy atom. The second-order valence-corrected chi connectivity index (χ2v) is 3.83. The largest absolute Gasteiger partial charge is 0.377 e. The maximum Gasteiger partial charge on any atom is 0.272 e. The molecule has 92 valence electrons. The summed E-state index contributed by atoms with van der Waals surface area (Å²) >= 11 is 0. The molecule has 6 heteroatoms. The van der Waals surface area contributed by atoms with E-state index >= 15 is 0 Å². The Morgan fingerprint density at radius 2 is 2.29 bits per heavy atom. The van der Waals surface area contributed by atoms with E-state index in [0.29, 0.717) is 18.1 Å². The lowest BCUT2D eigenvalue weighted by Crippen LogP contribution is -2.46. The number of carbonyl (C=O) groups excluding carboxylic acids is 1. The topological polar surface area (TPSA) is 67.3 Å². The third-order valence-corrected chi connectivity index (χ3v) is 2.60. The molecule has 0 bridgehead atoms. The zero-order valence-electron chi connectivity index (χ0n) is 9.85. The average Bonchev–Trinajstić information content (AvgIpc) is 2.40. The van der Waals surface area contributed by atoms with E-state index < -0.39 is 0 Å². The van der Waals surface area contributed by atoms with E-state index in [2.05, 4.69) is 15.3 Å². The summed E-state index contributed by atoms with van der Waals surface area (Å²) in [5.74, 6) is 0.500. The molecule has 17 heavy (non-hydrogen) atoms. The fourth-order valence-electron chi connectivity index (χ4n) is 1.75. The predicted molar refractivity (Wildman–Crippen MR) is 61.5 cm³/mol. The lowest BCUT2D eigenvalue weighted by molar-refractivity contribution is 0.0728. The van der Waals surface area contributed by atoms with E-state index in [-0.39, 0.29) is 5.91 Å². The molecule has 0 spiro atoms. The van der Waals surface area contributed by atoms with Crippen molar-refractivity contribution in [2.24, 2.45) is 0 Å². The van der Waals surface area contributed by atoms with Crippen molar-refractivity contribution in [1.29, 1.82) is 0 Å². The lowest BCUT2D eigenvalue weighted by atomic mass is 10.3. The first-order valence-corrected chi connectivity index (χ1v) is 5.62. The van der Waals surface area contributed by atoms with Gasteiger partial charge in [0.1, 0.15) is 12.3 Å². The summed E-state index contributed by atoms with van der Waals surface area (Å²) in [6.07, 6.45) is 1.59. The minimum atomic E-state index is -0.0359. The molecule has 1 aliphatic rings. The van der Waals surface area contributed by atoms with Crippen LogP contribution in [-0.4, -0.2) is 54.1 Å². The third-order valence-electron chi connectivity index (χ3n) is 2.60. The van der Waals surface area contributed by atoms with Gasteiger partial charge in [-0.15, -0.1) is 0 Å². The molecule has 1 aromatic heterocycles. The summed E-state index contributed by atoms with van der Waals surface area (Å²) in [6, 6.07) is 1.64. The van der Waals surface area contributed by atoms with Gasteiger partial charge in [0.25, 0.3) is 5.91 Å². The Morgan fingerprint density at radius 3 is 3.00 bits per heavy atom. The molecule has 1 fully saturated rings. The van der Waals surface area contributed by atoms with Crippen LogP contribution in [0.3, 0.4) is 0 Å². The van der Waals surface area contributed by atoms with Crippen molar-refractivity contribution < 1.29 is 9.53 Å². The first kappa shape index (κ1) is 11.9. The number of nitrogens with one attached hydrogen (secondary N) is 1. The minimum absolute atomic E-state index is 0.0359. The van der Waals surface area contributed by atoms with Gasteiger partial charge in [0.15, 0.2) is 5.82 Å². The summed E-state index contributed by atoms with van der Waals surface area (Å²) in [7, 11) is 1.58. The van der Waals surface area contributed by atoms with Crippen LogP contribution < -0.4 is 5.32 Å². The van der Waals surface area contributed by atoms with Crippen molar-refractivity contribution >= 4 is 5.91 Å². The molecule has 1 aliphatic heterocycles. The number of amides is 1. The first-order valence-electron chi connectivity index (χ1n) is 5.62. The van der Waals surface area contributed by atoms with E-state index in [4.69, 9.17) is 4.74 Å². The van der Waals surface area contributed by atoms with Crippen LogP contribution in [0.1, 0.15) is 16.3 Å². The Kier molecular flexibility index (Phi) is 4.00. The Hall–Kier alpha value is -1.53. The highest BCUT2D eigenvalue weighted by atomic mass is 16.5. The van der Waals surface area contributed by atoms with Crippen LogP contribution in [-0.2, 0) is 11.3 Å². The zero-order valence-corrected chi connectivity index (χ0v) is 9.85. The number of ether oxygens (including phenoxy) is 1. The molecular weight excluding hydrogens is 220 g/mol. The van der Waals surface area contributed by atoms with Gasteiger partial charge < -0.3 is 15.0 Å². The zero-order chi connectivity index (χ0) is 12.1. The van der Waals surface area contributed by atoms with Crippen LogP contribution in [0.2, 0.25) is 0 Å². The maximum absolute atomic E-state index is 12.1. The third kappa shape index (κ3) is 2.98. The van der Waals surface area contributed by atoms with Crippen molar-refractivity contribution in [3.05, 3.63) is 23.8 Å². The number of methoxy groups -OCH3 is 1. The van der Waals surface area contributed by atoms with E-state index in [1.807, 2.05) is 0 Å². The van der Waals surface area contributed by atoms with Gasteiger partial charge in [0.05, 0.1) is 0 Å². The molecule has 1 amide bonds. The fraction of sp³-hybridized carbons (Fsp3) is 0.545. The fourth-order valence-corrected chi connectivity index (χ4v) is 1.75. The maximum atomic E-state index is 12.1. The van der Waals surface area contributed by atoms with Gasteiger partial charge in [-0.1, -0.05) is 0 Å². The first-order chi connectivity index (χ1) is 8.31. The summed E-state index contributed by atoms with van der Waals surface area (Å²) < 4.78 is 4.95. The van der Waals surface area contributed by atoms with Gasteiger partial charge in [0.2, 0.25) is 0 Å². The van der Waals surface area contributed by atoms with Gasteiger partial charge in [-0.2, -0.15) is 0 Å². The highest BCUT2D eigenvalue weighted by Gasteiger charge is 2.19. The quantitative estimate of drug-likeness (QED) is 0.778. The van der Waals surface area contributed by atoms with E-state index in [0.717, 1.165) is 26.2 Å². The predicted octanol–water partition coefficient (Wildman–Crippen LogP) is -0.332. The van der Waals surface area contributed by atoms with Gasteiger partial charge in [-0.3, -0.25) is 4.79 Å². The summed E-state index contributed by atoms with van der Waals surface area (Å²) in [5, 5.41) is 3.21. The van der Waals surface area contributed by atoms with E-state index in [9.17, 15) is 4.79 Å². The number of hydrogen-bond donors (Lipinski definition) is 1. The number of rotatable bonds is 3. The molecule has 1 aromatic rings. The molecular formula is C11H16N4O2. The Bertz CT molecular complexity index is 391. The summed E-state index contributed by atoms with van der Waals surface area (Å²) in [6.45, 7) is 3.44. The molecule has 0 saturated carbocycles. The van der Waals surface area contributed by atoms with Crippen molar-refractivity contribution in [3.8, 4) is 0 Å². The average molecular weight is 236 g/mol. The van der Waals surface area contributed by atoms with Crippen LogP contribution in [0.25, 0.3) is 0 Å². The smallest absolute Gasteiger partial charge is 0.272 e. The molecule has 0 atom stereocenters. The molecule has 2 rings (SSSR count). The molecule has 1 saturated heterocycles. The van der Waals surface area contributed by atoms with E-state index in [1.54, 1.807) is 24.3 Å². The highest BCUT2D eigenvalue weighted by molar-refractivity contribution is 5.92. The number of carbonyl (C=O) groups is 1. The number of hydrogen-bond acceptors (Lipinski definition) is 5. The lowest BCUT2D eigenvalue weighted by Gasteiger charge is -2.27. The van der Waals surface area contributed by atoms with Crippen LogP contribution in [0.15, 0.2) is 12.3 Å². The summed E-state index contributed by atoms with van der Waals surface area (Å²) in [5.41, 5.74) is 0.439. The van der Waals surface area contributed by atoms with Crippen molar-refractivity contribution in [1.82, 2.24) is 20.2 Å². The Labute approximate surface area is 100 Å². The van der Waals surface area contributed by atoms with Gasteiger partial charge in [-0.05, 0) is 6.07 Å². The molecule has 0 aromatic carbocycles.